The number of imidazole rings is 1. The zero-order valence-corrected chi connectivity index (χ0v) is 12.8. The molecule has 0 fully saturated rings. The molecule has 2 N–H and O–H groups in total. The van der Waals surface area contributed by atoms with Gasteiger partial charge in [0.2, 0.25) is 0 Å². The van der Waals surface area contributed by atoms with Crippen LogP contribution in [0.15, 0.2) is 33.2 Å². The second kappa shape index (κ2) is 6.26. The van der Waals surface area contributed by atoms with Crippen molar-refractivity contribution in [3.8, 4) is 0 Å². The summed E-state index contributed by atoms with van der Waals surface area (Å²) in [5, 5.41) is 4.29. The maximum Gasteiger partial charge on any atom is 0.153 e. The van der Waals surface area contributed by atoms with Crippen LogP contribution in [0.4, 0.5) is 8.78 Å². The SMILES string of the molecule is CC(C)c1nc(C=NN)n(C)c1Sc1cc(F)cc(F)c1. The summed E-state index contributed by atoms with van der Waals surface area (Å²) in [7, 11) is 1.81. The van der Waals surface area contributed by atoms with Crippen molar-refractivity contribution < 1.29 is 8.78 Å². The van der Waals surface area contributed by atoms with Crippen LogP contribution in [0, 0.1) is 11.6 Å². The van der Waals surface area contributed by atoms with Gasteiger partial charge in [0.25, 0.3) is 0 Å². The molecule has 4 nitrogen and oxygen atoms in total. The maximum atomic E-state index is 13.3. The molecule has 0 atom stereocenters. The average Bonchev–Trinajstić information content (AvgIpc) is 2.67. The van der Waals surface area contributed by atoms with Crippen molar-refractivity contribution in [1.29, 1.82) is 0 Å². The molecule has 0 amide bonds. The Hall–Kier alpha value is -1.89. The van der Waals surface area contributed by atoms with E-state index in [9.17, 15) is 8.78 Å². The van der Waals surface area contributed by atoms with Gasteiger partial charge in [0.05, 0.1) is 11.9 Å². The standard InChI is InChI=1S/C14H16F2N4S/c1-8(2)13-14(20(3)12(19-13)7-18-17)21-11-5-9(15)4-10(16)6-11/h4-8H,17H2,1-3H3. The second-order valence-corrected chi connectivity index (χ2v) is 5.92. The third-order valence-electron chi connectivity index (χ3n) is 2.89. The molecule has 7 heteroatoms. The molecule has 21 heavy (non-hydrogen) atoms. The highest BCUT2D eigenvalue weighted by molar-refractivity contribution is 7.99. The van der Waals surface area contributed by atoms with Crippen LogP contribution >= 0.6 is 11.8 Å². The van der Waals surface area contributed by atoms with Crippen LogP contribution < -0.4 is 5.84 Å². The summed E-state index contributed by atoms with van der Waals surface area (Å²) >= 11 is 1.26. The highest BCUT2D eigenvalue weighted by atomic mass is 32.2. The quantitative estimate of drug-likeness (QED) is 0.536. The molecule has 1 aromatic heterocycles. The lowest BCUT2D eigenvalue weighted by atomic mass is 10.2. The van der Waals surface area contributed by atoms with E-state index in [4.69, 9.17) is 5.84 Å². The zero-order valence-electron chi connectivity index (χ0n) is 12.0. The monoisotopic (exact) mass is 310 g/mol. The van der Waals surface area contributed by atoms with E-state index in [-0.39, 0.29) is 5.92 Å². The van der Waals surface area contributed by atoms with Crippen molar-refractivity contribution in [2.75, 3.05) is 0 Å². The average molecular weight is 310 g/mol. The van der Waals surface area contributed by atoms with Crippen LogP contribution in [0.2, 0.25) is 0 Å². The Labute approximate surface area is 126 Å². The van der Waals surface area contributed by atoms with Gasteiger partial charge in [0.1, 0.15) is 16.7 Å². The molecular weight excluding hydrogens is 294 g/mol. The van der Waals surface area contributed by atoms with Crippen LogP contribution in [0.5, 0.6) is 0 Å². The Morgan fingerprint density at radius 2 is 1.90 bits per heavy atom. The summed E-state index contributed by atoms with van der Waals surface area (Å²) in [6.45, 7) is 4.00. The molecule has 0 saturated heterocycles. The van der Waals surface area contributed by atoms with Gasteiger partial charge in [-0.1, -0.05) is 25.6 Å². The fourth-order valence-electron chi connectivity index (χ4n) is 1.90. The molecule has 0 radical (unpaired) electrons. The molecule has 0 unspecified atom stereocenters. The smallest absolute Gasteiger partial charge is 0.153 e. The summed E-state index contributed by atoms with van der Waals surface area (Å²) < 4.78 is 28.4. The van der Waals surface area contributed by atoms with E-state index in [0.717, 1.165) is 16.8 Å². The number of rotatable bonds is 4. The van der Waals surface area contributed by atoms with Gasteiger partial charge in [0, 0.05) is 18.0 Å². The molecule has 2 aromatic rings. The Morgan fingerprint density at radius 3 is 2.43 bits per heavy atom. The van der Waals surface area contributed by atoms with E-state index in [0.29, 0.717) is 10.7 Å². The van der Waals surface area contributed by atoms with Gasteiger partial charge < -0.3 is 10.4 Å². The topological polar surface area (TPSA) is 56.2 Å². The van der Waals surface area contributed by atoms with Crippen LogP contribution in [0.3, 0.4) is 0 Å². The van der Waals surface area contributed by atoms with Crippen molar-refractivity contribution in [2.45, 2.75) is 29.7 Å². The lowest BCUT2D eigenvalue weighted by Gasteiger charge is -2.08. The van der Waals surface area contributed by atoms with E-state index in [1.807, 2.05) is 20.9 Å². The summed E-state index contributed by atoms with van der Waals surface area (Å²) in [6.07, 6.45) is 1.45. The first kappa shape index (κ1) is 15.5. The normalized spacial score (nSPS) is 11.7. The summed E-state index contributed by atoms with van der Waals surface area (Å²) in [5.74, 6) is 4.72. The number of aromatic nitrogens is 2. The fourth-order valence-corrected chi connectivity index (χ4v) is 3.08. The Morgan fingerprint density at radius 1 is 1.29 bits per heavy atom. The Balaban J connectivity index is 2.47. The molecule has 1 aromatic carbocycles. The van der Waals surface area contributed by atoms with E-state index in [2.05, 4.69) is 10.1 Å². The molecule has 0 aliphatic heterocycles. The van der Waals surface area contributed by atoms with Crippen LogP contribution in [-0.2, 0) is 7.05 Å². The second-order valence-electron chi connectivity index (χ2n) is 4.86. The highest BCUT2D eigenvalue weighted by Crippen LogP contribution is 2.34. The number of hydrogen-bond donors (Lipinski definition) is 1. The van der Waals surface area contributed by atoms with Crippen LogP contribution in [0.25, 0.3) is 0 Å². The predicted molar refractivity (Wildman–Crippen MR) is 79.6 cm³/mol. The lowest BCUT2D eigenvalue weighted by Crippen LogP contribution is -1.99. The van der Waals surface area contributed by atoms with Crippen molar-refractivity contribution in [3.63, 3.8) is 0 Å². The van der Waals surface area contributed by atoms with Gasteiger partial charge in [-0.05, 0) is 18.1 Å². The van der Waals surface area contributed by atoms with Crippen molar-refractivity contribution in [3.05, 3.63) is 41.4 Å². The first-order chi connectivity index (χ1) is 9.92. The van der Waals surface area contributed by atoms with Gasteiger partial charge >= 0.3 is 0 Å². The van der Waals surface area contributed by atoms with Crippen LogP contribution in [-0.4, -0.2) is 15.8 Å². The van der Waals surface area contributed by atoms with E-state index in [1.165, 1.54) is 30.1 Å². The largest absolute Gasteiger partial charge is 0.323 e. The number of hydrogen-bond acceptors (Lipinski definition) is 4. The van der Waals surface area contributed by atoms with Gasteiger partial charge in [-0.3, -0.25) is 0 Å². The number of hydrazone groups is 1. The number of halogens is 2. The van der Waals surface area contributed by atoms with Gasteiger partial charge in [-0.25, -0.2) is 13.8 Å². The third kappa shape index (κ3) is 3.41. The Bertz CT molecular complexity index is 660. The van der Waals surface area contributed by atoms with Crippen molar-refractivity contribution >= 4 is 18.0 Å². The minimum atomic E-state index is -0.602. The van der Waals surface area contributed by atoms with E-state index < -0.39 is 11.6 Å². The summed E-state index contributed by atoms with van der Waals surface area (Å²) in [5.41, 5.74) is 0.835. The molecule has 0 bridgehead atoms. The molecule has 112 valence electrons. The third-order valence-corrected chi connectivity index (χ3v) is 4.04. The fraction of sp³-hybridized carbons (Fsp3) is 0.286. The number of nitrogens with two attached hydrogens (primary N) is 1. The number of benzene rings is 1. The van der Waals surface area contributed by atoms with Gasteiger partial charge in [0.15, 0.2) is 5.82 Å². The molecule has 0 aliphatic carbocycles. The molecular formula is C14H16F2N4S. The van der Waals surface area contributed by atoms with E-state index in [1.54, 1.807) is 4.57 Å². The lowest BCUT2D eigenvalue weighted by molar-refractivity contribution is 0.577. The molecule has 1 heterocycles. The van der Waals surface area contributed by atoms with Crippen molar-refractivity contribution in [2.24, 2.45) is 18.0 Å². The first-order valence-corrected chi connectivity index (χ1v) is 7.17. The zero-order chi connectivity index (χ0) is 15.6. The highest BCUT2D eigenvalue weighted by Gasteiger charge is 2.18. The summed E-state index contributed by atoms with van der Waals surface area (Å²) in [4.78, 5) is 4.95. The van der Waals surface area contributed by atoms with E-state index >= 15 is 0 Å². The predicted octanol–water partition coefficient (Wildman–Crippen LogP) is 3.27. The molecule has 0 saturated carbocycles. The Kier molecular flexibility index (Phi) is 4.62. The molecule has 0 spiro atoms. The van der Waals surface area contributed by atoms with Gasteiger partial charge in [-0.15, -0.1) is 0 Å². The molecule has 2 rings (SSSR count). The van der Waals surface area contributed by atoms with Crippen molar-refractivity contribution in [1.82, 2.24) is 9.55 Å². The first-order valence-electron chi connectivity index (χ1n) is 6.36. The van der Waals surface area contributed by atoms with Crippen LogP contribution in [0.1, 0.15) is 31.3 Å². The summed E-state index contributed by atoms with van der Waals surface area (Å²) in [6, 6.07) is 3.44. The maximum absolute atomic E-state index is 13.3. The minimum absolute atomic E-state index is 0.164. The minimum Gasteiger partial charge on any atom is -0.323 e. The van der Waals surface area contributed by atoms with Gasteiger partial charge in [-0.2, -0.15) is 5.10 Å². The molecule has 0 aliphatic rings. The number of nitrogens with zero attached hydrogens (tertiary/aromatic N) is 3.